The second-order valence-electron chi connectivity index (χ2n) is 4.47. The molecule has 0 radical (unpaired) electrons. The van der Waals surface area contributed by atoms with Gasteiger partial charge in [0.05, 0.1) is 0 Å². The average molecular weight is 265 g/mol. The van der Waals surface area contributed by atoms with Gasteiger partial charge in [-0.1, -0.05) is 6.92 Å². The van der Waals surface area contributed by atoms with Gasteiger partial charge in [0.15, 0.2) is 5.82 Å². The van der Waals surface area contributed by atoms with Crippen LogP contribution in [0.5, 0.6) is 0 Å². The number of rotatable bonds is 6. The Bertz CT molecular complexity index is 536. The van der Waals surface area contributed by atoms with Gasteiger partial charge in [-0.25, -0.2) is 14.3 Å². The van der Waals surface area contributed by atoms with Crippen LogP contribution in [0.2, 0.25) is 0 Å². The van der Waals surface area contributed by atoms with Crippen molar-refractivity contribution < 1.29 is 9.90 Å². The van der Waals surface area contributed by atoms with E-state index in [0.29, 0.717) is 12.4 Å². The number of tetrazole rings is 1. The zero-order chi connectivity index (χ0) is 13.8. The van der Waals surface area contributed by atoms with Crippen molar-refractivity contribution in [3.8, 4) is 0 Å². The van der Waals surface area contributed by atoms with Gasteiger partial charge in [-0.05, 0) is 23.3 Å². The summed E-state index contributed by atoms with van der Waals surface area (Å²) in [6, 6.07) is -0.158. The van der Waals surface area contributed by atoms with Gasteiger partial charge in [0.25, 0.3) is 0 Å². The number of aromatic nitrogens is 7. The zero-order valence-electron chi connectivity index (χ0n) is 10.7. The third kappa shape index (κ3) is 3.12. The van der Waals surface area contributed by atoms with Gasteiger partial charge in [-0.15, -0.1) is 5.10 Å². The van der Waals surface area contributed by atoms with E-state index in [1.807, 2.05) is 13.8 Å². The maximum Gasteiger partial charge on any atom is 0.303 e. The molecule has 2 rings (SSSR count). The molecule has 1 N–H and O–H groups in total. The van der Waals surface area contributed by atoms with Crippen LogP contribution < -0.4 is 0 Å². The molecule has 0 aromatic carbocycles. The molecule has 9 heteroatoms. The summed E-state index contributed by atoms with van der Waals surface area (Å²) in [5.74, 6) is -0.253. The lowest BCUT2D eigenvalue weighted by atomic mass is 10.1. The van der Waals surface area contributed by atoms with E-state index in [-0.39, 0.29) is 18.4 Å². The van der Waals surface area contributed by atoms with Gasteiger partial charge < -0.3 is 5.11 Å². The quantitative estimate of drug-likeness (QED) is 0.781. The Kier molecular flexibility index (Phi) is 3.83. The molecule has 9 nitrogen and oxygen atoms in total. The van der Waals surface area contributed by atoms with Crippen LogP contribution in [0.15, 0.2) is 12.7 Å². The molecule has 19 heavy (non-hydrogen) atoms. The largest absolute Gasteiger partial charge is 0.481 e. The summed E-state index contributed by atoms with van der Waals surface area (Å²) >= 11 is 0. The Balaban J connectivity index is 2.11. The van der Waals surface area contributed by atoms with Gasteiger partial charge in [0.2, 0.25) is 0 Å². The van der Waals surface area contributed by atoms with E-state index in [9.17, 15) is 4.79 Å². The average Bonchev–Trinajstić information content (AvgIpc) is 2.96. The minimum Gasteiger partial charge on any atom is -0.481 e. The fourth-order valence-electron chi connectivity index (χ4n) is 1.83. The highest BCUT2D eigenvalue weighted by atomic mass is 16.4. The van der Waals surface area contributed by atoms with Gasteiger partial charge >= 0.3 is 5.97 Å². The van der Waals surface area contributed by atoms with Crippen molar-refractivity contribution in [1.29, 1.82) is 0 Å². The van der Waals surface area contributed by atoms with Crippen LogP contribution in [0.1, 0.15) is 32.1 Å². The van der Waals surface area contributed by atoms with E-state index in [1.54, 1.807) is 15.7 Å². The normalized spacial score (nSPS) is 14.2. The maximum absolute atomic E-state index is 10.7. The Morgan fingerprint density at radius 3 is 2.89 bits per heavy atom. The number of carboxylic acid groups (broad SMARTS) is 1. The van der Waals surface area contributed by atoms with E-state index in [4.69, 9.17) is 5.11 Å². The highest BCUT2D eigenvalue weighted by molar-refractivity contribution is 5.66. The third-order valence-corrected chi connectivity index (χ3v) is 2.77. The third-order valence-electron chi connectivity index (χ3n) is 2.77. The Hall–Kier alpha value is -2.32. The fourth-order valence-corrected chi connectivity index (χ4v) is 1.83. The molecule has 102 valence electrons. The van der Waals surface area contributed by atoms with Crippen LogP contribution in [0.4, 0.5) is 0 Å². The highest BCUT2D eigenvalue weighted by Gasteiger charge is 2.19. The molecule has 0 bridgehead atoms. The van der Waals surface area contributed by atoms with Crippen molar-refractivity contribution in [2.45, 2.75) is 32.9 Å². The lowest BCUT2D eigenvalue weighted by molar-refractivity contribution is -0.138. The number of carbonyl (C=O) groups is 1. The van der Waals surface area contributed by atoms with Crippen LogP contribution >= 0.6 is 0 Å². The maximum atomic E-state index is 10.7. The van der Waals surface area contributed by atoms with Crippen LogP contribution in [-0.4, -0.2) is 46.0 Å². The summed E-state index contributed by atoms with van der Waals surface area (Å²) in [6.07, 6.45) is 3.11. The molecule has 2 unspecified atom stereocenters. The SMILES string of the molecule is CC(CC(=O)O)Cn1nnnc1C(C)n1cncn1. The molecule has 0 aliphatic rings. The number of aliphatic carboxylic acids is 1. The van der Waals surface area contributed by atoms with Crippen molar-refractivity contribution in [2.75, 3.05) is 0 Å². The van der Waals surface area contributed by atoms with Gasteiger partial charge in [-0.3, -0.25) is 4.79 Å². The summed E-state index contributed by atoms with van der Waals surface area (Å²) in [7, 11) is 0. The van der Waals surface area contributed by atoms with Gasteiger partial charge in [0.1, 0.15) is 18.7 Å². The van der Waals surface area contributed by atoms with Crippen LogP contribution in [0.25, 0.3) is 0 Å². The summed E-state index contributed by atoms with van der Waals surface area (Å²) in [4.78, 5) is 14.5. The smallest absolute Gasteiger partial charge is 0.303 e. The number of hydrogen-bond acceptors (Lipinski definition) is 6. The summed E-state index contributed by atoms with van der Waals surface area (Å²) < 4.78 is 3.25. The van der Waals surface area contributed by atoms with Crippen LogP contribution in [-0.2, 0) is 11.3 Å². The molecular formula is C10H15N7O2. The van der Waals surface area contributed by atoms with Crippen molar-refractivity contribution in [2.24, 2.45) is 5.92 Å². The van der Waals surface area contributed by atoms with Crippen molar-refractivity contribution in [3.05, 3.63) is 18.5 Å². The topological polar surface area (TPSA) is 112 Å². The molecule has 0 saturated heterocycles. The molecule has 0 aliphatic carbocycles. The monoisotopic (exact) mass is 265 g/mol. The molecule has 0 spiro atoms. The standard InChI is InChI=1S/C10H15N7O2/c1-7(3-9(18)19)4-16-10(13-14-15-16)8(2)17-6-11-5-12-17/h5-8H,3-4H2,1-2H3,(H,18,19). The predicted molar refractivity (Wildman–Crippen MR) is 63.1 cm³/mol. The Labute approximate surface area is 109 Å². The molecule has 0 saturated carbocycles. The lowest BCUT2D eigenvalue weighted by Crippen LogP contribution is -2.19. The molecule has 0 aliphatic heterocycles. The number of nitrogens with zero attached hydrogens (tertiary/aromatic N) is 7. The summed E-state index contributed by atoms with van der Waals surface area (Å²) in [5.41, 5.74) is 0. The fraction of sp³-hybridized carbons (Fsp3) is 0.600. The predicted octanol–water partition coefficient (Wildman–Crippen LogP) is -0.0153. The van der Waals surface area contributed by atoms with Crippen LogP contribution in [0.3, 0.4) is 0 Å². The number of carboxylic acids is 1. The zero-order valence-corrected chi connectivity index (χ0v) is 10.7. The van der Waals surface area contributed by atoms with Gasteiger partial charge in [0, 0.05) is 13.0 Å². The first kappa shape index (κ1) is 13.1. The first-order chi connectivity index (χ1) is 9.08. The summed E-state index contributed by atoms with van der Waals surface area (Å²) in [5, 5.41) is 24.3. The molecule has 2 atom stereocenters. The second kappa shape index (κ2) is 5.55. The van der Waals surface area contributed by atoms with E-state index in [2.05, 4.69) is 25.6 Å². The minimum absolute atomic E-state index is 0.0531. The van der Waals surface area contributed by atoms with Crippen molar-refractivity contribution >= 4 is 5.97 Å². The highest BCUT2D eigenvalue weighted by Crippen LogP contribution is 2.14. The molecule has 2 aromatic heterocycles. The Morgan fingerprint density at radius 1 is 1.47 bits per heavy atom. The van der Waals surface area contributed by atoms with E-state index in [0.717, 1.165) is 0 Å². The summed E-state index contributed by atoms with van der Waals surface area (Å²) in [6.45, 7) is 4.20. The van der Waals surface area contributed by atoms with E-state index >= 15 is 0 Å². The second-order valence-corrected chi connectivity index (χ2v) is 4.47. The molecule has 2 aromatic rings. The first-order valence-electron chi connectivity index (χ1n) is 5.90. The van der Waals surface area contributed by atoms with Gasteiger partial charge in [-0.2, -0.15) is 5.10 Å². The number of hydrogen-bond donors (Lipinski definition) is 1. The molecule has 0 amide bonds. The first-order valence-corrected chi connectivity index (χ1v) is 5.90. The minimum atomic E-state index is -0.827. The van der Waals surface area contributed by atoms with Crippen LogP contribution in [0, 0.1) is 5.92 Å². The van der Waals surface area contributed by atoms with E-state index < -0.39 is 5.97 Å². The molecule has 0 fully saturated rings. The van der Waals surface area contributed by atoms with Crippen molar-refractivity contribution in [3.63, 3.8) is 0 Å². The molecule has 2 heterocycles. The van der Waals surface area contributed by atoms with Crippen molar-refractivity contribution in [1.82, 2.24) is 35.0 Å². The Morgan fingerprint density at radius 2 is 2.26 bits per heavy atom. The van der Waals surface area contributed by atoms with E-state index in [1.165, 1.54) is 6.33 Å². The lowest BCUT2D eigenvalue weighted by Gasteiger charge is -2.13. The molecular weight excluding hydrogens is 250 g/mol.